The van der Waals surface area contributed by atoms with Crippen LogP contribution in [0.5, 0.6) is 5.75 Å². The molecule has 0 heterocycles. The van der Waals surface area contributed by atoms with Crippen LogP contribution in [0.3, 0.4) is 0 Å². The fourth-order valence-electron chi connectivity index (χ4n) is 1.59. The molecule has 0 atom stereocenters. The number of nitrogens with zero attached hydrogens (tertiary/aromatic N) is 2. The summed E-state index contributed by atoms with van der Waals surface area (Å²) in [6.45, 7) is 0. The lowest BCUT2D eigenvalue weighted by Gasteiger charge is -2.05. The van der Waals surface area contributed by atoms with Crippen LogP contribution in [0.2, 0.25) is 5.02 Å². The maximum atomic E-state index is 12.0. The van der Waals surface area contributed by atoms with Gasteiger partial charge in [-0.05, 0) is 48.0 Å². The summed E-state index contributed by atoms with van der Waals surface area (Å²) in [7, 11) is 3.69. The van der Waals surface area contributed by atoms with E-state index >= 15 is 0 Å². The van der Waals surface area contributed by atoms with Crippen molar-refractivity contribution in [2.45, 2.75) is 0 Å². The number of halogens is 1. The molecule has 0 N–H and O–H groups in total. The van der Waals surface area contributed by atoms with Crippen molar-refractivity contribution in [3.8, 4) is 5.75 Å². The van der Waals surface area contributed by atoms with Crippen molar-refractivity contribution in [3.05, 3.63) is 64.7 Å². The molecule has 2 aromatic rings. The van der Waals surface area contributed by atoms with Crippen molar-refractivity contribution in [1.29, 1.82) is 0 Å². The highest BCUT2D eigenvalue weighted by atomic mass is 35.5. The second-order valence-electron chi connectivity index (χ2n) is 4.56. The highest BCUT2D eigenvalue weighted by Crippen LogP contribution is 2.16. The molecule has 0 unspecified atom stereocenters. The van der Waals surface area contributed by atoms with Crippen LogP contribution in [-0.4, -0.2) is 31.3 Å². The fourth-order valence-corrected chi connectivity index (χ4v) is 1.78. The summed E-state index contributed by atoms with van der Waals surface area (Å²) in [6, 6.07) is 13.7. The molecule has 108 valence electrons. The molecule has 21 heavy (non-hydrogen) atoms. The maximum absolute atomic E-state index is 12.0. The Morgan fingerprint density at radius 3 is 2.52 bits per heavy atom. The van der Waals surface area contributed by atoms with Gasteiger partial charge >= 0.3 is 5.97 Å². The van der Waals surface area contributed by atoms with Crippen molar-refractivity contribution < 1.29 is 9.53 Å². The molecule has 0 radical (unpaired) electrons. The van der Waals surface area contributed by atoms with Crippen LogP contribution in [0.25, 0.3) is 0 Å². The Morgan fingerprint density at radius 2 is 1.90 bits per heavy atom. The van der Waals surface area contributed by atoms with Gasteiger partial charge in [0.05, 0.1) is 11.8 Å². The molecule has 0 spiro atoms. The Labute approximate surface area is 128 Å². The number of rotatable bonds is 4. The number of esters is 1. The molecule has 0 saturated heterocycles. The first-order chi connectivity index (χ1) is 10.0. The number of carbonyl (C=O) groups is 1. The second-order valence-corrected chi connectivity index (χ2v) is 5.00. The zero-order valence-corrected chi connectivity index (χ0v) is 12.5. The van der Waals surface area contributed by atoms with Crippen LogP contribution in [0.1, 0.15) is 15.9 Å². The summed E-state index contributed by atoms with van der Waals surface area (Å²) < 4.78 is 5.28. The predicted octanol–water partition coefficient (Wildman–Crippen LogP) is 3.45. The summed E-state index contributed by atoms with van der Waals surface area (Å²) in [5.41, 5.74) is 1.34. The van der Waals surface area contributed by atoms with Crippen molar-refractivity contribution in [1.82, 2.24) is 5.01 Å². The summed E-state index contributed by atoms with van der Waals surface area (Å²) >= 11 is 5.85. The fraction of sp³-hybridized carbons (Fsp3) is 0.125. The smallest absolute Gasteiger partial charge is 0.343 e. The number of ether oxygens (including phenoxy) is 1. The molecule has 5 heteroatoms. The maximum Gasteiger partial charge on any atom is 0.343 e. The molecule has 4 nitrogen and oxygen atoms in total. The van der Waals surface area contributed by atoms with Gasteiger partial charge in [0, 0.05) is 19.1 Å². The quantitative estimate of drug-likeness (QED) is 0.376. The highest BCUT2D eigenvalue weighted by molar-refractivity contribution is 6.30. The van der Waals surface area contributed by atoms with Gasteiger partial charge in [0.25, 0.3) is 0 Å². The molecule has 0 bridgehead atoms. The Bertz CT molecular complexity index is 652. The minimum absolute atomic E-state index is 0.417. The van der Waals surface area contributed by atoms with Gasteiger partial charge in [0.1, 0.15) is 5.75 Å². The Hall–Kier alpha value is -2.33. The molecule has 2 aromatic carbocycles. The molecule has 0 aromatic heterocycles. The molecule has 0 amide bonds. The lowest BCUT2D eigenvalue weighted by Crippen LogP contribution is -2.08. The number of hydrogen-bond acceptors (Lipinski definition) is 4. The van der Waals surface area contributed by atoms with Gasteiger partial charge in [0.15, 0.2) is 0 Å². The van der Waals surface area contributed by atoms with Gasteiger partial charge in [-0.3, -0.25) is 0 Å². The number of benzene rings is 2. The average Bonchev–Trinajstić information content (AvgIpc) is 2.46. The van der Waals surface area contributed by atoms with Gasteiger partial charge < -0.3 is 9.75 Å². The van der Waals surface area contributed by atoms with Gasteiger partial charge in [-0.1, -0.05) is 17.7 Å². The molecule has 0 fully saturated rings. The van der Waals surface area contributed by atoms with Gasteiger partial charge in [0.2, 0.25) is 0 Å². The van der Waals surface area contributed by atoms with Crippen molar-refractivity contribution in [2.75, 3.05) is 14.1 Å². The SMILES string of the molecule is CN(C)N=Cc1ccc(OC(=O)c2cccc(Cl)c2)cc1. The van der Waals surface area contributed by atoms with E-state index in [1.165, 1.54) is 0 Å². The minimum Gasteiger partial charge on any atom is -0.423 e. The van der Waals surface area contributed by atoms with Gasteiger partial charge in [-0.15, -0.1) is 0 Å². The van der Waals surface area contributed by atoms with E-state index in [0.717, 1.165) is 5.56 Å². The minimum atomic E-state index is -0.438. The number of hydrazone groups is 1. The zero-order valence-electron chi connectivity index (χ0n) is 11.8. The molecular formula is C16H15ClN2O2. The third-order valence-electron chi connectivity index (χ3n) is 2.59. The lowest BCUT2D eigenvalue weighted by atomic mass is 10.2. The molecule has 2 rings (SSSR count). The van der Waals surface area contributed by atoms with E-state index in [1.54, 1.807) is 47.6 Å². The van der Waals surface area contributed by atoms with E-state index in [1.807, 2.05) is 26.2 Å². The Kier molecular flexibility index (Phi) is 4.95. The normalized spacial score (nSPS) is 10.6. The number of hydrogen-bond donors (Lipinski definition) is 0. The first kappa shape index (κ1) is 15.1. The molecule has 0 saturated carbocycles. The van der Waals surface area contributed by atoms with E-state index < -0.39 is 5.97 Å². The summed E-state index contributed by atoms with van der Waals surface area (Å²) in [4.78, 5) is 12.0. The Balaban J connectivity index is 2.05. The predicted molar refractivity (Wildman–Crippen MR) is 84.1 cm³/mol. The topological polar surface area (TPSA) is 41.9 Å². The third-order valence-corrected chi connectivity index (χ3v) is 2.82. The van der Waals surface area contributed by atoms with E-state index in [2.05, 4.69) is 5.10 Å². The monoisotopic (exact) mass is 302 g/mol. The summed E-state index contributed by atoms with van der Waals surface area (Å²) in [5.74, 6) is 0.0363. The molecular weight excluding hydrogens is 288 g/mol. The van der Waals surface area contributed by atoms with E-state index in [9.17, 15) is 4.79 Å². The lowest BCUT2D eigenvalue weighted by molar-refractivity contribution is 0.0735. The van der Waals surface area contributed by atoms with Crippen molar-refractivity contribution >= 4 is 23.8 Å². The summed E-state index contributed by atoms with van der Waals surface area (Å²) in [6.07, 6.45) is 1.72. The standard InChI is InChI=1S/C16H15ClN2O2/c1-19(2)18-11-12-6-8-15(9-7-12)21-16(20)13-4-3-5-14(17)10-13/h3-11H,1-2H3. The Morgan fingerprint density at radius 1 is 1.19 bits per heavy atom. The largest absolute Gasteiger partial charge is 0.423 e. The van der Waals surface area contributed by atoms with Gasteiger partial charge in [-0.2, -0.15) is 5.10 Å². The van der Waals surface area contributed by atoms with Crippen LogP contribution in [0.4, 0.5) is 0 Å². The van der Waals surface area contributed by atoms with Gasteiger partial charge in [-0.25, -0.2) is 4.79 Å². The van der Waals surface area contributed by atoms with Crippen LogP contribution in [0, 0.1) is 0 Å². The van der Waals surface area contributed by atoms with Crippen molar-refractivity contribution in [2.24, 2.45) is 5.10 Å². The van der Waals surface area contributed by atoms with E-state index in [-0.39, 0.29) is 0 Å². The zero-order chi connectivity index (χ0) is 15.2. The average molecular weight is 303 g/mol. The highest BCUT2D eigenvalue weighted by Gasteiger charge is 2.08. The van der Waals surface area contributed by atoms with Crippen LogP contribution in [0.15, 0.2) is 53.6 Å². The first-order valence-electron chi connectivity index (χ1n) is 6.34. The number of carbonyl (C=O) groups excluding carboxylic acids is 1. The van der Waals surface area contributed by atoms with Crippen LogP contribution in [-0.2, 0) is 0 Å². The molecule has 0 aliphatic rings. The van der Waals surface area contributed by atoms with E-state index in [4.69, 9.17) is 16.3 Å². The van der Waals surface area contributed by atoms with Crippen molar-refractivity contribution in [3.63, 3.8) is 0 Å². The van der Waals surface area contributed by atoms with Crippen LogP contribution >= 0.6 is 11.6 Å². The summed E-state index contributed by atoms with van der Waals surface area (Å²) in [5, 5.41) is 6.33. The van der Waals surface area contributed by atoms with Crippen LogP contribution < -0.4 is 4.74 Å². The molecule has 0 aliphatic heterocycles. The second kappa shape index (κ2) is 6.90. The molecule has 0 aliphatic carbocycles. The third kappa shape index (κ3) is 4.61. The first-order valence-corrected chi connectivity index (χ1v) is 6.71. The van der Waals surface area contributed by atoms with E-state index in [0.29, 0.717) is 16.3 Å².